The van der Waals surface area contributed by atoms with Crippen LogP contribution in [0.1, 0.15) is 23.6 Å². The van der Waals surface area contributed by atoms with Gasteiger partial charge in [0.15, 0.2) is 6.10 Å². The molecule has 0 saturated carbocycles. The zero-order valence-corrected chi connectivity index (χ0v) is 12.8. The Hall–Kier alpha value is -2.80. The molecule has 0 bridgehead atoms. The molecule has 0 amide bonds. The number of ether oxygens (including phenoxy) is 2. The molecule has 0 heterocycles. The summed E-state index contributed by atoms with van der Waals surface area (Å²) in [7, 11) is 0. The average molecular weight is 295 g/mol. The fourth-order valence-corrected chi connectivity index (χ4v) is 1.92. The maximum absolute atomic E-state index is 12.1. The van der Waals surface area contributed by atoms with Crippen LogP contribution in [0.15, 0.2) is 42.5 Å². The minimum atomic E-state index is -0.770. The molecule has 0 saturated heterocycles. The summed E-state index contributed by atoms with van der Waals surface area (Å²) in [6.07, 6.45) is -0.770. The summed E-state index contributed by atoms with van der Waals surface area (Å²) < 4.78 is 10.9. The van der Waals surface area contributed by atoms with Gasteiger partial charge in [-0.15, -0.1) is 0 Å². The van der Waals surface area contributed by atoms with Crippen LogP contribution < -0.4 is 9.47 Å². The second-order valence-electron chi connectivity index (χ2n) is 5.02. The van der Waals surface area contributed by atoms with E-state index in [-0.39, 0.29) is 0 Å². The fourth-order valence-electron chi connectivity index (χ4n) is 1.92. The summed E-state index contributed by atoms with van der Waals surface area (Å²) in [4.78, 5) is 12.1. The van der Waals surface area contributed by atoms with E-state index in [1.807, 2.05) is 32.0 Å². The van der Waals surface area contributed by atoms with E-state index in [1.54, 1.807) is 37.3 Å². The molecule has 0 spiro atoms. The molecule has 2 aromatic carbocycles. The van der Waals surface area contributed by atoms with E-state index in [1.165, 1.54) is 0 Å². The molecule has 0 aromatic heterocycles. The third kappa shape index (κ3) is 3.64. The topological polar surface area (TPSA) is 59.3 Å². The maximum atomic E-state index is 12.1. The number of nitrogens with zero attached hydrogens (tertiary/aromatic N) is 1. The van der Waals surface area contributed by atoms with Crippen LogP contribution in [-0.4, -0.2) is 12.1 Å². The zero-order chi connectivity index (χ0) is 16.1. The van der Waals surface area contributed by atoms with E-state index < -0.39 is 12.1 Å². The van der Waals surface area contributed by atoms with Gasteiger partial charge >= 0.3 is 5.97 Å². The SMILES string of the molecule is Cc1cccc(OC(=O)C(C)Oc2cccc(C#N)c2)c1C. The highest BCUT2D eigenvalue weighted by atomic mass is 16.6. The van der Waals surface area contributed by atoms with Crippen LogP contribution in [0.5, 0.6) is 11.5 Å². The molecule has 2 rings (SSSR count). The predicted octanol–water partition coefficient (Wildman–Crippen LogP) is 3.55. The van der Waals surface area contributed by atoms with Gasteiger partial charge in [-0.25, -0.2) is 4.79 Å². The summed E-state index contributed by atoms with van der Waals surface area (Å²) in [5, 5.41) is 8.86. The van der Waals surface area contributed by atoms with Crippen molar-refractivity contribution in [1.82, 2.24) is 0 Å². The standard InChI is InChI=1S/C18H17NO3/c1-12-6-4-9-17(13(12)2)22-18(20)14(3)21-16-8-5-7-15(10-16)11-19/h4-10,14H,1-3H3. The van der Waals surface area contributed by atoms with Crippen LogP contribution in [-0.2, 0) is 4.79 Å². The monoisotopic (exact) mass is 295 g/mol. The summed E-state index contributed by atoms with van der Waals surface area (Å²) in [6, 6.07) is 14.2. The molecule has 2 aromatic rings. The first-order valence-corrected chi connectivity index (χ1v) is 6.96. The van der Waals surface area contributed by atoms with Gasteiger partial charge in [-0.3, -0.25) is 0 Å². The van der Waals surface area contributed by atoms with Crippen molar-refractivity contribution in [3.63, 3.8) is 0 Å². The van der Waals surface area contributed by atoms with Crippen LogP contribution >= 0.6 is 0 Å². The Bertz CT molecular complexity index is 731. The van der Waals surface area contributed by atoms with Gasteiger partial charge in [-0.05, 0) is 56.2 Å². The lowest BCUT2D eigenvalue weighted by atomic mass is 10.1. The van der Waals surface area contributed by atoms with Crippen LogP contribution in [0.3, 0.4) is 0 Å². The third-order valence-corrected chi connectivity index (χ3v) is 3.37. The first-order valence-electron chi connectivity index (χ1n) is 6.96. The van der Waals surface area contributed by atoms with E-state index in [9.17, 15) is 4.79 Å². The molecule has 0 aliphatic carbocycles. The number of benzene rings is 2. The van der Waals surface area contributed by atoms with Crippen LogP contribution in [0.2, 0.25) is 0 Å². The van der Waals surface area contributed by atoms with Gasteiger partial charge < -0.3 is 9.47 Å². The van der Waals surface area contributed by atoms with Gasteiger partial charge in [0.2, 0.25) is 0 Å². The second kappa shape index (κ2) is 6.77. The van der Waals surface area contributed by atoms with Gasteiger partial charge in [-0.1, -0.05) is 18.2 Å². The number of carbonyl (C=O) groups excluding carboxylic acids is 1. The van der Waals surface area contributed by atoms with Gasteiger partial charge in [0.05, 0.1) is 11.6 Å². The van der Waals surface area contributed by atoms with Crippen molar-refractivity contribution in [2.45, 2.75) is 26.9 Å². The highest BCUT2D eigenvalue weighted by Crippen LogP contribution is 2.22. The average Bonchev–Trinajstić information content (AvgIpc) is 2.52. The highest BCUT2D eigenvalue weighted by Gasteiger charge is 2.18. The van der Waals surface area contributed by atoms with Gasteiger partial charge in [0, 0.05) is 0 Å². The first kappa shape index (κ1) is 15.6. The maximum Gasteiger partial charge on any atom is 0.352 e. The highest BCUT2D eigenvalue weighted by molar-refractivity contribution is 5.77. The summed E-state index contributed by atoms with van der Waals surface area (Å²) in [5.41, 5.74) is 2.46. The fraction of sp³-hybridized carbons (Fsp3) is 0.222. The summed E-state index contributed by atoms with van der Waals surface area (Å²) >= 11 is 0. The van der Waals surface area contributed by atoms with Crippen molar-refractivity contribution < 1.29 is 14.3 Å². The smallest absolute Gasteiger partial charge is 0.352 e. The number of esters is 1. The van der Waals surface area contributed by atoms with E-state index >= 15 is 0 Å². The van der Waals surface area contributed by atoms with E-state index in [0.29, 0.717) is 17.1 Å². The van der Waals surface area contributed by atoms with Gasteiger partial charge in [0.1, 0.15) is 11.5 Å². The normalized spacial score (nSPS) is 11.4. The van der Waals surface area contributed by atoms with Gasteiger partial charge in [-0.2, -0.15) is 5.26 Å². The molecule has 0 aliphatic heterocycles. The number of hydrogen-bond acceptors (Lipinski definition) is 4. The molecular weight excluding hydrogens is 278 g/mol. The zero-order valence-electron chi connectivity index (χ0n) is 12.8. The molecule has 4 heteroatoms. The second-order valence-corrected chi connectivity index (χ2v) is 5.02. The molecule has 22 heavy (non-hydrogen) atoms. The van der Waals surface area contributed by atoms with Crippen LogP contribution in [0.4, 0.5) is 0 Å². The Morgan fingerprint density at radius 2 is 1.91 bits per heavy atom. The number of carbonyl (C=O) groups is 1. The van der Waals surface area contributed by atoms with Crippen LogP contribution in [0, 0.1) is 25.2 Å². The number of aryl methyl sites for hydroxylation is 1. The van der Waals surface area contributed by atoms with Crippen molar-refractivity contribution >= 4 is 5.97 Å². The Morgan fingerprint density at radius 1 is 1.18 bits per heavy atom. The van der Waals surface area contributed by atoms with Crippen molar-refractivity contribution in [2.24, 2.45) is 0 Å². The molecular formula is C18H17NO3. The number of nitriles is 1. The lowest BCUT2D eigenvalue weighted by Gasteiger charge is -2.15. The lowest BCUT2D eigenvalue weighted by Crippen LogP contribution is -2.28. The summed E-state index contributed by atoms with van der Waals surface area (Å²) in [6.45, 7) is 5.48. The summed E-state index contributed by atoms with van der Waals surface area (Å²) in [5.74, 6) is 0.520. The molecule has 0 N–H and O–H groups in total. The first-order chi connectivity index (χ1) is 10.5. The molecule has 0 aliphatic rings. The number of hydrogen-bond donors (Lipinski definition) is 0. The Labute approximate surface area is 129 Å². The molecule has 4 nitrogen and oxygen atoms in total. The lowest BCUT2D eigenvalue weighted by molar-refractivity contribution is -0.141. The van der Waals surface area contributed by atoms with Crippen LogP contribution in [0.25, 0.3) is 0 Å². The predicted molar refractivity (Wildman–Crippen MR) is 82.8 cm³/mol. The minimum Gasteiger partial charge on any atom is -0.479 e. The Balaban J connectivity index is 2.06. The third-order valence-electron chi connectivity index (χ3n) is 3.37. The van der Waals surface area contributed by atoms with E-state index in [0.717, 1.165) is 11.1 Å². The van der Waals surface area contributed by atoms with Crippen molar-refractivity contribution in [3.05, 3.63) is 59.2 Å². The van der Waals surface area contributed by atoms with E-state index in [2.05, 4.69) is 0 Å². The largest absolute Gasteiger partial charge is 0.479 e. The Kier molecular flexibility index (Phi) is 4.80. The molecule has 0 radical (unpaired) electrons. The molecule has 1 atom stereocenters. The molecule has 1 unspecified atom stereocenters. The Morgan fingerprint density at radius 3 is 2.64 bits per heavy atom. The van der Waals surface area contributed by atoms with Gasteiger partial charge in [0.25, 0.3) is 0 Å². The van der Waals surface area contributed by atoms with Crippen molar-refractivity contribution in [1.29, 1.82) is 5.26 Å². The quantitative estimate of drug-likeness (QED) is 0.639. The molecule has 0 fully saturated rings. The number of rotatable bonds is 4. The minimum absolute atomic E-state index is 0.462. The van der Waals surface area contributed by atoms with Crippen molar-refractivity contribution in [2.75, 3.05) is 0 Å². The molecule has 112 valence electrons. The van der Waals surface area contributed by atoms with E-state index in [4.69, 9.17) is 14.7 Å². The van der Waals surface area contributed by atoms with Crippen molar-refractivity contribution in [3.8, 4) is 17.6 Å².